The van der Waals surface area contributed by atoms with Gasteiger partial charge in [0.05, 0.1) is 0 Å². The highest BCUT2D eigenvalue weighted by Crippen LogP contribution is 2.27. The summed E-state index contributed by atoms with van der Waals surface area (Å²) in [5.41, 5.74) is 2.06. The first-order valence-electron chi connectivity index (χ1n) is 13.0. The number of anilines is 1. The van der Waals surface area contributed by atoms with Gasteiger partial charge < -0.3 is 15.0 Å². The van der Waals surface area contributed by atoms with E-state index in [1.807, 2.05) is 13.0 Å². The highest BCUT2D eigenvalue weighted by atomic mass is 19.2. The number of amides is 2. The van der Waals surface area contributed by atoms with Gasteiger partial charge in [-0.05, 0) is 79.9 Å². The first-order chi connectivity index (χ1) is 19.0. The van der Waals surface area contributed by atoms with Gasteiger partial charge in [0.15, 0.2) is 11.6 Å². The zero-order valence-electron chi connectivity index (χ0n) is 22.7. The van der Waals surface area contributed by atoms with Crippen LogP contribution in [-0.4, -0.2) is 53.8 Å². The van der Waals surface area contributed by atoms with Crippen LogP contribution in [0.2, 0.25) is 0 Å². The molecule has 0 aromatic heterocycles. The van der Waals surface area contributed by atoms with E-state index in [1.54, 1.807) is 49.1 Å². The zero-order valence-corrected chi connectivity index (χ0v) is 22.7. The van der Waals surface area contributed by atoms with E-state index in [0.29, 0.717) is 54.2 Å². The Morgan fingerprint density at radius 3 is 2.35 bits per heavy atom. The summed E-state index contributed by atoms with van der Waals surface area (Å²) in [7, 11) is 0. The number of hydrogen-bond donors (Lipinski definition) is 1. The van der Waals surface area contributed by atoms with E-state index < -0.39 is 23.6 Å². The molecule has 0 radical (unpaired) electrons. The largest absolute Gasteiger partial charge is 0.484 e. The molecule has 0 bridgehead atoms. The van der Waals surface area contributed by atoms with Crippen LogP contribution in [0.25, 0.3) is 0 Å². The van der Waals surface area contributed by atoms with Crippen LogP contribution in [0.15, 0.2) is 67.3 Å². The highest BCUT2D eigenvalue weighted by Gasteiger charge is 2.28. The van der Waals surface area contributed by atoms with Crippen molar-refractivity contribution in [2.75, 3.05) is 31.5 Å². The number of ether oxygens (including phenoxy) is 1. The van der Waals surface area contributed by atoms with Gasteiger partial charge in [-0.1, -0.05) is 18.7 Å². The van der Waals surface area contributed by atoms with Crippen LogP contribution >= 0.6 is 0 Å². The fourth-order valence-corrected chi connectivity index (χ4v) is 4.72. The Morgan fingerprint density at radius 2 is 1.70 bits per heavy atom. The number of nitrogens with zero attached hydrogens (tertiary/aromatic N) is 2. The van der Waals surface area contributed by atoms with Gasteiger partial charge in [-0.15, -0.1) is 0 Å². The van der Waals surface area contributed by atoms with Crippen LogP contribution in [-0.2, 0) is 4.79 Å². The molecule has 1 saturated heterocycles. The first-order valence-corrected chi connectivity index (χ1v) is 13.0. The molecule has 3 aromatic rings. The molecule has 0 spiro atoms. The molecule has 1 fully saturated rings. The average Bonchev–Trinajstić information content (AvgIpc) is 2.93. The van der Waals surface area contributed by atoms with Crippen LogP contribution in [0.3, 0.4) is 0 Å². The Balaban J connectivity index is 1.49. The molecule has 9 heteroatoms. The van der Waals surface area contributed by atoms with Crippen molar-refractivity contribution in [3.63, 3.8) is 0 Å². The predicted octanol–water partition coefficient (Wildman–Crippen LogP) is 5.81. The van der Waals surface area contributed by atoms with Crippen LogP contribution in [0, 0.1) is 31.3 Å². The van der Waals surface area contributed by atoms with Crippen molar-refractivity contribution < 1.29 is 27.5 Å². The highest BCUT2D eigenvalue weighted by molar-refractivity contribution is 6.04. The summed E-state index contributed by atoms with van der Waals surface area (Å²) in [6, 6.07) is 13.3. The second-order valence-corrected chi connectivity index (χ2v) is 10.0. The quantitative estimate of drug-likeness (QED) is 0.359. The smallest absolute Gasteiger partial charge is 0.255 e. The van der Waals surface area contributed by atoms with Crippen LogP contribution < -0.4 is 10.1 Å². The maximum Gasteiger partial charge on any atom is 0.255 e. The summed E-state index contributed by atoms with van der Waals surface area (Å²) >= 11 is 0. The van der Waals surface area contributed by atoms with E-state index in [0.717, 1.165) is 12.1 Å². The second kappa shape index (κ2) is 12.4. The maximum absolute atomic E-state index is 14.5. The van der Waals surface area contributed by atoms with Crippen LogP contribution in [0.4, 0.5) is 18.9 Å². The molecule has 0 unspecified atom stereocenters. The molecule has 210 valence electrons. The molecule has 1 heterocycles. The van der Waals surface area contributed by atoms with E-state index >= 15 is 0 Å². The lowest BCUT2D eigenvalue weighted by Crippen LogP contribution is -2.54. The number of carbonyl (C=O) groups excluding carboxylic acids is 2. The van der Waals surface area contributed by atoms with Crippen molar-refractivity contribution in [1.82, 2.24) is 9.80 Å². The lowest BCUT2D eigenvalue weighted by Gasteiger charge is -2.40. The second-order valence-electron chi connectivity index (χ2n) is 10.0. The Bertz CT molecular complexity index is 1410. The van der Waals surface area contributed by atoms with E-state index in [4.69, 9.17) is 4.74 Å². The summed E-state index contributed by atoms with van der Waals surface area (Å²) < 4.78 is 47.8. The third-order valence-electron chi connectivity index (χ3n) is 7.07. The Morgan fingerprint density at radius 1 is 1.00 bits per heavy atom. The Kier molecular flexibility index (Phi) is 8.94. The summed E-state index contributed by atoms with van der Waals surface area (Å²) in [4.78, 5) is 28.8. The van der Waals surface area contributed by atoms with Crippen LogP contribution in [0.1, 0.15) is 40.1 Å². The van der Waals surface area contributed by atoms with Crippen molar-refractivity contribution >= 4 is 17.5 Å². The van der Waals surface area contributed by atoms with Crippen molar-refractivity contribution in [3.05, 3.63) is 107 Å². The summed E-state index contributed by atoms with van der Waals surface area (Å²) in [6.45, 7) is 11.1. The monoisotopic (exact) mass is 551 g/mol. The summed E-state index contributed by atoms with van der Waals surface area (Å²) in [5, 5.41) is 2.60. The molecule has 40 heavy (non-hydrogen) atoms. The van der Waals surface area contributed by atoms with Gasteiger partial charge in [0, 0.05) is 49.5 Å². The number of carbonyl (C=O) groups is 2. The molecule has 2 atom stereocenters. The molecule has 6 nitrogen and oxygen atoms in total. The molecule has 1 aliphatic rings. The van der Waals surface area contributed by atoms with E-state index in [1.165, 1.54) is 12.1 Å². The Hall–Kier alpha value is -4.11. The zero-order chi connectivity index (χ0) is 29.0. The standard InChI is InChI=1S/C31H32F3N3O3/c1-5-30(38)37-13-12-36(17-21(37)4)18-29(23-7-6-19(2)25(32)15-23)40-24-10-8-22(9-11-24)31(39)35-28-16-27(34)26(33)14-20(28)3/h5-11,14-16,21,29H,1,12-13,17-18H2,2-4H3,(H,35,39)/t21-,29-/m1/s1. The molecule has 0 aliphatic carbocycles. The number of nitrogens with one attached hydrogen (secondary N) is 1. The molecule has 2 amide bonds. The molecular formula is C31H32F3N3O3. The van der Waals surface area contributed by atoms with Crippen molar-refractivity contribution in [3.8, 4) is 5.75 Å². The summed E-state index contributed by atoms with van der Waals surface area (Å²) in [6.07, 6.45) is 0.796. The van der Waals surface area contributed by atoms with Gasteiger partial charge >= 0.3 is 0 Å². The van der Waals surface area contributed by atoms with Gasteiger partial charge in [0.25, 0.3) is 5.91 Å². The number of aryl methyl sites for hydroxylation is 2. The molecule has 1 N–H and O–H groups in total. The molecule has 4 rings (SSSR count). The van der Waals surface area contributed by atoms with E-state index in [9.17, 15) is 22.8 Å². The molecule has 1 aliphatic heterocycles. The lowest BCUT2D eigenvalue weighted by molar-refractivity contribution is -0.130. The lowest BCUT2D eigenvalue weighted by atomic mass is 10.0. The van der Waals surface area contributed by atoms with E-state index in [2.05, 4.69) is 16.8 Å². The minimum Gasteiger partial charge on any atom is -0.484 e. The van der Waals surface area contributed by atoms with Gasteiger partial charge in [-0.25, -0.2) is 13.2 Å². The van der Waals surface area contributed by atoms with Gasteiger partial charge in [0.2, 0.25) is 5.91 Å². The van der Waals surface area contributed by atoms with Crippen LogP contribution in [0.5, 0.6) is 5.75 Å². The van der Waals surface area contributed by atoms with Gasteiger partial charge in [-0.3, -0.25) is 14.5 Å². The fraction of sp³-hybridized carbons (Fsp3) is 0.290. The fourth-order valence-electron chi connectivity index (χ4n) is 4.72. The molecule has 0 saturated carbocycles. The number of halogens is 3. The average molecular weight is 552 g/mol. The minimum absolute atomic E-state index is 0.0225. The number of rotatable bonds is 8. The topological polar surface area (TPSA) is 61.9 Å². The predicted molar refractivity (Wildman–Crippen MR) is 148 cm³/mol. The van der Waals surface area contributed by atoms with Gasteiger partial charge in [-0.2, -0.15) is 0 Å². The first kappa shape index (κ1) is 28.9. The van der Waals surface area contributed by atoms with Crippen molar-refractivity contribution in [2.24, 2.45) is 0 Å². The number of piperazine rings is 1. The molecule has 3 aromatic carbocycles. The van der Waals surface area contributed by atoms with E-state index in [-0.39, 0.29) is 23.5 Å². The van der Waals surface area contributed by atoms with Crippen molar-refractivity contribution in [2.45, 2.75) is 32.9 Å². The SMILES string of the molecule is C=CC(=O)N1CCN(C[C@@H](Oc2ccc(C(=O)Nc3cc(F)c(F)cc3C)cc2)c2ccc(C)c(F)c2)C[C@H]1C. The minimum atomic E-state index is -1.05. The third kappa shape index (κ3) is 6.71. The number of benzene rings is 3. The normalized spacial score (nSPS) is 16.4. The maximum atomic E-state index is 14.5. The number of hydrogen-bond acceptors (Lipinski definition) is 4. The Labute approximate surface area is 232 Å². The molecular weight excluding hydrogens is 519 g/mol. The van der Waals surface area contributed by atoms with Crippen molar-refractivity contribution in [1.29, 1.82) is 0 Å². The summed E-state index contributed by atoms with van der Waals surface area (Å²) in [5.74, 6) is -2.49. The third-order valence-corrected chi connectivity index (χ3v) is 7.07. The van der Waals surface area contributed by atoms with Gasteiger partial charge in [0.1, 0.15) is 17.7 Å².